The van der Waals surface area contributed by atoms with Gasteiger partial charge in [0.1, 0.15) is 0 Å². The van der Waals surface area contributed by atoms with E-state index in [1.54, 1.807) is 12.3 Å². The number of aryl methyl sites for hydroxylation is 1. The molecule has 0 aliphatic carbocycles. The molecule has 11 heavy (non-hydrogen) atoms. The van der Waals surface area contributed by atoms with Gasteiger partial charge in [-0.05, 0) is 18.9 Å². The smallest absolute Gasteiger partial charge is 0.668 e. The van der Waals surface area contributed by atoms with Crippen LogP contribution in [0.3, 0.4) is 0 Å². The van der Waals surface area contributed by atoms with Gasteiger partial charge >= 0.3 is 51.4 Å². The van der Waals surface area contributed by atoms with Gasteiger partial charge in [0.25, 0.3) is 0 Å². The quantitative estimate of drug-likeness (QED) is 0.539. The van der Waals surface area contributed by atoms with E-state index in [9.17, 15) is 4.79 Å². The molecule has 54 valence electrons. The topological polar surface area (TPSA) is 69.6 Å². The van der Waals surface area contributed by atoms with E-state index in [-0.39, 0.29) is 57.8 Å². The number of aromatic nitrogens is 2. The summed E-state index contributed by atoms with van der Waals surface area (Å²) in [5.74, 6) is -0.533. The zero-order valence-corrected chi connectivity index (χ0v) is 9.55. The summed E-state index contributed by atoms with van der Waals surface area (Å²) in [6.07, 6.45) is 2.48. The number of hydrogen-bond donors (Lipinski definition) is 1. The fourth-order valence-corrected chi connectivity index (χ4v) is 0.672. The van der Waals surface area contributed by atoms with Crippen LogP contribution in [0.15, 0.2) is 12.3 Å². The number of hydrogen-bond acceptors (Lipinski definition) is 2. The van der Waals surface area contributed by atoms with Crippen LogP contribution in [0.2, 0.25) is 0 Å². The zero-order chi connectivity index (χ0) is 7.40. The molecule has 1 rings (SSSR count). The molecule has 0 bridgehead atoms. The third-order valence-corrected chi connectivity index (χ3v) is 1.18. The van der Waals surface area contributed by atoms with Gasteiger partial charge in [-0.25, -0.2) is 0 Å². The molecule has 1 amide bonds. The molecule has 4 nitrogen and oxygen atoms in total. The molecule has 0 aromatic carbocycles. The molecule has 0 saturated carbocycles. The van der Waals surface area contributed by atoms with E-state index in [0.717, 1.165) is 5.69 Å². The van der Waals surface area contributed by atoms with Crippen LogP contribution in [0.4, 0.5) is 0 Å². The van der Waals surface area contributed by atoms with Crippen LogP contribution in [-0.2, 0) is 11.2 Å². The first kappa shape index (κ1) is 11.3. The molecule has 0 unspecified atom stereocenters. The van der Waals surface area contributed by atoms with E-state index in [1.165, 1.54) is 0 Å². The maximum Gasteiger partial charge on any atom is 1.00 e. The predicted octanol–water partition coefficient (Wildman–Crippen LogP) is -2.07. The van der Waals surface area contributed by atoms with E-state index in [4.69, 9.17) is 5.73 Å². The van der Waals surface area contributed by atoms with E-state index in [1.807, 2.05) is 0 Å². The van der Waals surface area contributed by atoms with E-state index in [0.29, 0.717) is 6.42 Å². The second-order valence-electron chi connectivity index (χ2n) is 2.01. The Morgan fingerprint density at radius 1 is 1.73 bits per heavy atom. The van der Waals surface area contributed by atoms with Gasteiger partial charge in [0, 0.05) is 17.8 Å². The van der Waals surface area contributed by atoms with Gasteiger partial charge in [0.2, 0.25) is 0 Å². The van der Waals surface area contributed by atoms with Crippen LogP contribution in [0.5, 0.6) is 0 Å². The first-order valence-electron chi connectivity index (χ1n) is 3.02. The molecule has 5 heteroatoms. The number of nitrogens with one attached hydrogen (secondary N) is 2. The van der Waals surface area contributed by atoms with Gasteiger partial charge in [-0.1, -0.05) is 0 Å². The summed E-state index contributed by atoms with van der Waals surface area (Å²) in [6, 6.07) is 1.79. The summed E-state index contributed by atoms with van der Waals surface area (Å²) < 4.78 is 0. The van der Waals surface area contributed by atoms with E-state index in [2.05, 4.69) is 10.2 Å². The number of amides is 1. The van der Waals surface area contributed by atoms with Gasteiger partial charge < -0.3 is 10.5 Å². The predicted molar refractivity (Wildman–Crippen MR) is 36.2 cm³/mol. The summed E-state index contributed by atoms with van der Waals surface area (Å²) in [4.78, 5) is 10.2. The minimum absolute atomic E-state index is 0. The number of carbonyl (C=O) groups is 1. The molecule has 0 saturated heterocycles. The largest absolute Gasteiger partial charge is 1.00 e. The maximum absolute atomic E-state index is 10.2. The molecule has 2 N–H and O–H groups in total. The molecule has 0 fully saturated rings. The Hall–Kier alpha value is 0.316. The molecule has 0 aliphatic rings. The Balaban J connectivity index is 0.000001000. The fraction of sp³-hybridized carbons (Fsp3) is 0.333. The van der Waals surface area contributed by atoms with Crippen LogP contribution in [0.25, 0.3) is 5.73 Å². The normalized spacial score (nSPS) is 8.73. The SMILES string of the molecule is [K+].[NH-]C(=O)CCc1ccn[nH]1. The standard InChI is InChI=1S/C6H9N3O.K/c7-6(10)2-1-5-3-4-8-9-5;/h3-4H,1-2H2,(H3,7,8,9,10);/q;+1/p-1. The summed E-state index contributed by atoms with van der Waals surface area (Å²) in [7, 11) is 0. The van der Waals surface area contributed by atoms with Crippen LogP contribution in [-0.4, -0.2) is 16.1 Å². The summed E-state index contributed by atoms with van der Waals surface area (Å²) >= 11 is 0. The van der Waals surface area contributed by atoms with Gasteiger partial charge in [-0.3, -0.25) is 5.10 Å². The molecule has 0 radical (unpaired) electrons. The molecule has 0 spiro atoms. The first-order valence-corrected chi connectivity index (χ1v) is 3.02. The zero-order valence-electron chi connectivity index (χ0n) is 6.42. The van der Waals surface area contributed by atoms with Crippen molar-refractivity contribution in [3.05, 3.63) is 23.7 Å². The molecule has 1 heterocycles. The van der Waals surface area contributed by atoms with Crippen molar-refractivity contribution in [2.24, 2.45) is 0 Å². The van der Waals surface area contributed by atoms with Gasteiger partial charge in [-0.15, -0.1) is 0 Å². The van der Waals surface area contributed by atoms with Gasteiger partial charge in [0.05, 0.1) is 0 Å². The van der Waals surface area contributed by atoms with E-state index < -0.39 is 5.91 Å². The Labute approximate surface area is 107 Å². The first-order chi connectivity index (χ1) is 4.79. The fourth-order valence-electron chi connectivity index (χ4n) is 0.672. The van der Waals surface area contributed by atoms with Crippen molar-refractivity contribution in [1.82, 2.24) is 10.2 Å². The van der Waals surface area contributed by atoms with E-state index >= 15 is 0 Å². The van der Waals surface area contributed by atoms with Crippen molar-refractivity contribution in [1.29, 1.82) is 0 Å². The Kier molecular flexibility index (Phi) is 6.07. The molecule has 1 aromatic rings. The van der Waals surface area contributed by atoms with Crippen molar-refractivity contribution in [2.75, 3.05) is 0 Å². The summed E-state index contributed by atoms with van der Waals surface area (Å²) in [5.41, 5.74) is 7.51. The minimum Gasteiger partial charge on any atom is -0.668 e. The summed E-state index contributed by atoms with van der Waals surface area (Å²) in [5, 5.41) is 6.41. The molecule has 0 aliphatic heterocycles. The number of carbonyl (C=O) groups excluding carboxylic acids is 1. The van der Waals surface area contributed by atoms with Gasteiger partial charge in [0.15, 0.2) is 0 Å². The number of nitrogens with zero attached hydrogens (tertiary/aromatic N) is 1. The van der Waals surface area contributed by atoms with Crippen LogP contribution < -0.4 is 51.4 Å². The van der Waals surface area contributed by atoms with Crippen LogP contribution >= 0.6 is 0 Å². The van der Waals surface area contributed by atoms with Crippen molar-refractivity contribution >= 4 is 5.91 Å². The monoisotopic (exact) mass is 177 g/mol. The van der Waals surface area contributed by atoms with Crippen molar-refractivity contribution in [2.45, 2.75) is 12.8 Å². The minimum atomic E-state index is -0.533. The van der Waals surface area contributed by atoms with Gasteiger partial charge in [-0.2, -0.15) is 5.10 Å². The molecule has 1 aromatic heterocycles. The van der Waals surface area contributed by atoms with Crippen molar-refractivity contribution in [3.63, 3.8) is 0 Å². The number of aromatic amines is 1. The van der Waals surface area contributed by atoms with Crippen molar-refractivity contribution in [3.8, 4) is 0 Å². The number of H-pyrrole nitrogens is 1. The third kappa shape index (κ3) is 4.70. The second-order valence-corrected chi connectivity index (χ2v) is 2.01. The number of rotatable bonds is 3. The Morgan fingerprint density at radius 3 is 2.91 bits per heavy atom. The second kappa shape index (κ2) is 5.90. The van der Waals surface area contributed by atoms with Crippen LogP contribution in [0, 0.1) is 0 Å². The van der Waals surface area contributed by atoms with Crippen molar-refractivity contribution < 1.29 is 56.2 Å². The average molecular weight is 177 g/mol. The molecular weight excluding hydrogens is 169 g/mol. The summed E-state index contributed by atoms with van der Waals surface area (Å²) in [6.45, 7) is 0. The Bertz CT molecular complexity index is 210. The van der Waals surface area contributed by atoms with Crippen LogP contribution in [0.1, 0.15) is 12.1 Å². The average Bonchev–Trinajstić information content (AvgIpc) is 2.34. The molecular formula is C6H8KN3O. The Morgan fingerprint density at radius 2 is 2.45 bits per heavy atom. The third-order valence-electron chi connectivity index (χ3n) is 1.18. The maximum atomic E-state index is 10.2. The molecule has 0 atom stereocenters.